The maximum absolute atomic E-state index is 10.9. The highest BCUT2D eigenvalue weighted by Gasteiger charge is 2.09. The van der Waals surface area contributed by atoms with Crippen LogP contribution in [0.5, 0.6) is 0 Å². The molecule has 0 aliphatic carbocycles. The first-order valence-corrected chi connectivity index (χ1v) is 3.32. The molecule has 12 heavy (non-hydrogen) atoms. The quantitative estimate of drug-likeness (QED) is 0.617. The first kappa shape index (κ1) is 8.43. The van der Waals surface area contributed by atoms with Crippen LogP contribution in [0.2, 0.25) is 0 Å². The van der Waals surface area contributed by atoms with Crippen LogP contribution in [0.3, 0.4) is 0 Å². The third kappa shape index (κ3) is 1.49. The van der Waals surface area contributed by atoms with Crippen molar-refractivity contribution in [2.45, 2.75) is 6.54 Å². The second-order valence-corrected chi connectivity index (χ2v) is 2.11. The molecule has 0 aliphatic heterocycles. The Hall–Kier alpha value is -1.67. The molecule has 1 heterocycles. The van der Waals surface area contributed by atoms with Crippen molar-refractivity contribution in [1.82, 2.24) is 9.78 Å². The number of aromatic nitrogens is 2. The lowest BCUT2D eigenvalue weighted by Gasteiger charge is -1.98. The third-order valence-electron chi connectivity index (χ3n) is 1.37. The van der Waals surface area contributed by atoms with Crippen LogP contribution in [0.15, 0.2) is 12.3 Å². The van der Waals surface area contributed by atoms with Gasteiger partial charge >= 0.3 is 0 Å². The largest absolute Gasteiger partial charge is 0.388 e. The van der Waals surface area contributed by atoms with E-state index in [4.69, 9.17) is 10.4 Å². The van der Waals surface area contributed by atoms with Crippen molar-refractivity contribution in [2.24, 2.45) is 0 Å². The molecule has 1 aromatic heterocycles. The summed E-state index contributed by atoms with van der Waals surface area (Å²) >= 11 is 0. The summed E-state index contributed by atoms with van der Waals surface area (Å²) in [4.78, 5) is 10.9. The van der Waals surface area contributed by atoms with Gasteiger partial charge in [0.1, 0.15) is 18.8 Å². The van der Waals surface area contributed by atoms with Crippen LogP contribution in [0.1, 0.15) is 10.5 Å². The predicted molar refractivity (Wildman–Crippen MR) is 39.3 cm³/mol. The Balaban J connectivity index is 2.92. The van der Waals surface area contributed by atoms with Crippen molar-refractivity contribution in [2.75, 3.05) is 6.61 Å². The van der Waals surface area contributed by atoms with Gasteiger partial charge in [-0.2, -0.15) is 10.4 Å². The average Bonchev–Trinajstić information content (AvgIpc) is 2.52. The first-order valence-electron chi connectivity index (χ1n) is 3.32. The Labute approximate surface area is 68.8 Å². The highest BCUT2D eigenvalue weighted by atomic mass is 16.3. The minimum Gasteiger partial charge on any atom is -0.388 e. The maximum Gasteiger partial charge on any atom is 0.206 e. The van der Waals surface area contributed by atoms with Crippen LogP contribution in [-0.2, 0) is 6.54 Å². The Bertz CT molecular complexity index is 324. The number of aliphatic hydroxyl groups excluding tert-OH is 1. The van der Waals surface area contributed by atoms with Crippen LogP contribution >= 0.6 is 0 Å². The third-order valence-corrected chi connectivity index (χ3v) is 1.37. The summed E-state index contributed by atoms with van der Waals surface area (Å²) in [6, 6.07) is 3.32. The standard InChI is InChI=1S/C7H7N3O2/c8-2-4-10-6(1-3-9-10)7(12)5-11/h1,3,11H,4-5H2. The van der Waals surface area contributed by atoms with E-state index in [9.17, 15) is 4.79 Å². The fraction of sp³-hybridized carbons (Fsp3) is 0.286. The molecule has 0 atom stereocenters. The zero-order valence-electron chi connectivity index (χ0n) is 6.27. The molecule has 1 N–H and O–H groups in total. The molecular weight excluding hydrogens is 158 g/mol. The van der Waals surface area contributed by atoms with Gasteiger partial charge in [0, 0.05) is 6.20 Å². The summed E-state index contributed by atoms with van der Waals surface area (Å²) in [6.45, 7) is -0.537. The van der Waals surface area contributed by atoms with E-state index in [0.29, 0.717) is 0 Å². The Morgan fingerprint density at radius 3 is 3.17 bits per heavy atom. The van der Waals surface area contributed by atoms with Gasteiger partial charge < -0.3 is 5.11 Å². The fourth-order valence-electron chi connectivity index (χ4n) is 0.844. The van der Waals surface area contributed by atoms with Gasteiger partial charge in [-0.25, -0.2) is 4.68 Å². The van der Waals surface area contributed by atoms with E-state index >= 15 is 0 Å². The predicted octanol–water partition coefficient (Wildman–Crippen LogP) is -0.418. The average molecular weight is 165 g/mol. The number of Topliss-reactive ketones (excluding diaryl/α,β-unsaturated/α-hetero) is 1. The molecule has 0 fully saturated rings. The molecule has 0 unspecified atom stereocenters. The van der Waals surface area contributed by atoms with Crippen molar-refractivity contribution in [3.63, 3.8) is 0 Å². The zero-order valence-corrected chi connectivity index (χ0v) is 6.27. The second-order valence-electron chi connectivity index (χ2n) is 2.11. The number of ketones is 1. The van der Waals surface area contributed by atoms with Gasteiger partial charge in [-0.15, -0.1) is 0 Å². The van der Waals surface area contributed by atoms with Crippen molar-refractivity contribution < 1.29 is 9.90 Å². The number of aliphatic hydroxyl groups is 1. The van der Waals surface area contributed by atoms with Crippen molar-refractivity contribution in [1.29, 1.82) is 5.26 Å². The highest BCUT2D eigenvalue weighted by Crippen LogP contribution is 1.98. The monoisotopic (exact) mass is 165 g/mol. The number of carbonyl (C=O) groups excluding carboxylic acids is 1. The van der Waals surface area contributed by atoms with E-state index in [1.807, 2.05) is 6.07 Å². The number of hydrogen-bond acceptors (Lipinski definition) is 4. The molecule has 0 amide bonds. The highest BCUT2D eigenvalue weighted by molar-refractivity contribution is 5.95. The lowest BCUT2D eigenvalue weighted by molar-refractivity contribution is 0.0893. The zero-order chi connectivity index (χ0) is 8.97. The minimum atomic E-state index is -0.558. The molecule has 0 spiro atoms. The Morgan fingerprint density at radius 1 is 1.83 bits per heavy atom. The fourth-order valence-corrected chi connectivity index (χ4v) is 0.844. The molecule has 5 nitrogen and oxygen atoms in total. The number of nitriles is 1. The summed E-state index contributed by atoms with van der Waals surface area (Å²) in [5.74, 6) is -0.428. The first-order chi connectivity index (χ1) is 5.79. The van der Waals surface area contributed by atoms with Crippen molar-refractivity contribution >= 4 is 5.78 Å². The molecule has 1 rings (SSSR count). The van der Waals surface area contributed by atoms with E-state index in [1.54, 1.807) is 0 Å². The van der Waals surface area contributed by atoms with Crippen LogP contribution in [0.25, 0.3) is 0 Å². The van der Waals surface area contributed by atoms with Gasteiger partial charge in [-0.05, 0) is 6.07 Å². The normalized spacial score (nSPS) is 9.33. The van der Waals surface area contributed by atoms with Gasteiger partial charge in [-0.1, -0.05) is 0 Å². The SMILES string of the molecule is N#CCn1nccc1C(=O)CO. The van der Waals surface area contributed by atoms with E-state index < -0.39 is 12.4 Å². The minimum absolute atomic E-state index is 0.0219. The molecule has 1 aromatic rings. The van der Waals surface area contributed by atoms with Crippen LogP contribution < -0.4 is 0 Å². The van der Waals surface area contributed by atoms with Crippen molar-refractivity contribution in [3.8, 4) is 6.07 Å². The molecule has 0 bridgehead atoms. The maximum atomic E-state index is 10.9. The molecule has 0 aromatic carbocycles. The van der Waals surface area contributed by atoms with E-state index in [1.165, 1.54) is 16.9 Å². The van der Waals surface area contributed by atoms with Crippen LogP contribution in [0, 0.1) is 11.3 Å². The molecule has 0 radical (unpaired) electrons. The smallest absolute Gasteiger partial charge is 0.206 e. The van der Waals surface area contributed by atoms with Crippen LogP contribution in [-0.4, -0.2) is 27.3 Å². The van der Waals surface area contributed by atoms with Gasteiger partial charge in [0.05, 0.1) is 6.07 Å². The van der Waals surface area contributed by atoms with E-state index in [-0.39, 0.29) is 12.2 Å². The molecule has 0 saturated carbocycles. The topological polar surface area (TPSA) is 78.9 Å². The molecule has 0 saturated heterocycles. The summed E-state index contributed by atoms with van der Waals surface area (Å²) in [6.07, 6.45) is 1.42. The Morgan fingerprint density at radius 2 is 2.58 bits per heavy atom. The van der Waals surface area contributed by atoms with Gasteiger partial charge in [0.25, 0.3) is 0 Å². The summed E-state index contributed by atoms with van der Waals surface area (Å²) in [5.41, 5.74) is 0.263. The molecule has 0 aliphatic rings. The number of carbonyl (C=O) groups is 1. The molecular formula is C7H7N3O2. The second kappa shape index (κ2) is 3.64. The van der Waals surface area contributed by atoms with Gasteiger partial charge in [0.2, 0.25) is 5.78 Å². The van der Waals surface area contributed by atoms with E-state index in [0.717, 1.165) is 0 Å². The summed E-state index contributed by atoms with van der Waals surface area (Å²) < 4.78 is 1.25. The van der Waals surface area contributed by atoms with Gasteiger partial charge in [0.15, 0.2) is 0 Å². The lowest BCUT2D eigenvalue weighted by Crippen LogP contribution is -2.12. The van der Waals surface area contributed by atoms with E-state index in [2.05, 4.69) is 5.10 Å². The Kier molecular flexibility index (Phi) is 2.56. The number of hydrogen-bond donors (Lipinski definition) is 1. The molecule has 5 heteroatoms. The molecule has 62 valence electrons. The van der Waals surface area contributed by atoms with Gasteiger partial charge in [-0.3, -0.25) is 4.79 Å². The summed E-state index contributed by atoms with van der Waals surface area (Å²) in [7, 11) is 0. The number of rotatable bonds is 3. The van der Waals surface area contributed by atoms with Crippen LogP contribution in [0.4, 0.5) is 0 Å². The summed E-state index contributed by atoms with van der Waals surface area (Å²) in [5, 5.41) is 20.6. The number of nitrogens with zero attached hydrogens (tertiary/aromatic N) is 3. The van der Waals surface area contributed by atoms with Crippen molar-refractivity contribution in [3.05, 3.63) is 18.0 Å². The lowest BCUT2D eigenvalue weighted by atomic mass is 10.3.